The van der Waals surface area contributed by atoms with Gasteiger partial charge in [-0.25, -0.2) is 9.88 Å². The van der Waals surface area contributed by atoms with Crippen molar-refractivity contribution < 1.29 is 9.59 Å². The van der Waals surface area contributed by atoms with Crippen molar-refractivity contribution in [2.45, 2.75) is 20.4 Å². The summed E-state index contributed by atoms with van der Waals surface area (Å²) in [5.41, 5.74) is 6.18. The number of piperidine rings is 1. The van der Waals surface area contributed by atoms with Crippen molar-refractivity contribution in [1.29, 1.82) is 0 Å². The summed E-state index contributed by atoms with van der Waals surface area (Å²) < 4.78 is 0. The van der Waals surface area contributed by atoms with Crippen LogP contribution in [-0.2, 0) is 16.1 Å². The number of nitrogens with zero attached hydrogens (tertiary/aromatic N) is 2. The molecule has 1 saturated heterocycles. The number of anilines is 1. The number of pyridine rings is 1. The Labute approximate surface area is 105 Å². The lowest BCUT2D eigenvalue weighted by Gasteiger charge is -2.19. The van der Waals surface area contributed by atoms with E-state index in [0.29, 0.717) is 12.4 Å². The molecule has 2 amide bonds. The number of aromatic nitrogens is 1. The fourth-order valence-corrected chi connectivity index (χ4v) is 2.84. The van der Waals surface area contributed by atoms with E-state index in [-0.39, 0.29) is 29.1 Å². The van der Waals surface area contributed by atoms with Crippen molar-refractivity contribution in [1.82, 2.24) is 4.98 Å². The highest BCUT2D eigenvalue weighted by atomic mass is 16.2. The number of imide groups is 1. The molecule has 2 atom stereocenters. The van der Waals surface area contributed by atoms with Crippen LogP contribution in [0.2, 0.25) is 0 Å². The molecule has 0 bridgehead atoms. The lowest BCUT2D eigenvalue weighted by atomic mass is 10.1. The number of carbonyl (C=O) groups excluding carboxylic acids is 2. The predicted molar refractivity (Wildman–Crippen MR) is 65.4 cm³/mol. The Morgan fingerprint density at radius 3 is 2.33 bits per heavy atom. The molecule has 0 aromatic carbocycles. The van der Waals surface area contributed by atoms with Crippen LogP contribution in [0.1, 0.15) is 19.4 Å². The number of fused-ring (bicyclic) bond motifs is 1. The van der Waals surface area contributed by atoms with Gasteiger partial charge in [0.1, 0.15) is 5.82 Å². The van der Waals surface area contributed by atoms with Crippen LogP contribution in [0.4, 0.5) is 5.82 Å². The molecule has 5 heteroatoms. The van der Waals surface area contributed by atoms with Gasteiger partial charge in [0.05, 0.1) is 11.8 Å². The number of rotatable bonds is 2. The van der Waals surface area contributed by atoms with E-state index < -0.39 is 0 Å². The van der Waals surface area contributed by atoms with E-state index >= 15 is 0 Å². The van der Waals surface area contributed by atoms with Crippen LogP contribution in [0.5, 0.6) is 0 Å². The Bertz CT molecular complexity index is 512. The van der Waals surface area contributed by atoms with E-state index in [1.807, 2.05) is 13.8 Å². The molecule has 2 heterocycles. The van der Waals surface area contributed by atoms with E-state index in [9.17, 15) is 9.59 Å². The van der Waals surface area contributed by atoms with Gasteiger partial charge in [0, 0.05) is 12.7 Å². The van der Waals surface area contributed by atoms with Gasteiger partial charge in [0.15, 0.2) is 0 Å². The third-order valence-corrected chi connectivity index (χ3v) is 4.07. The van der Waals surface area contributed by atoms with Crippen LogP contribution in [0.3, 0.4) is 0 Å². The lowest BCUT2D eigenvalue weighted by Crippen LogP contribution is -2.36. The second kappa shape index (κ2) is 3.38. The third-order valence-electron chi connectivity index (χ3n) is 4.07. The number of carbonyl (C=O) groups is 2. The highest BCUT2D eigenvalue weighted by Gasteiger charge is 2.72. The third kappa shape index (κ3) is 1.28. The first-order valence-electron chi connectivity index (χ1n) is 6.01. The molecule has 1 aliphatic heterocycles. The summed E-state index contributed by atoms with van der Waals surface area (Å²) in [4.78, 5) is 29.7. The highest BCUT2D eigenvalue weighted by molar-refractivity contribution is 6.25. The molecule has 94 valence electrons. The van der Waals surface area contributed by atoms with Crippen LogP contribution in [0.25, 0.3) is 0 Å². The number of hydrogen-bond acceptors (Lipinski definition) is 4. The normalized spacial score (nSPS) is 28.5. The van der Waals surface area contributed by atoms with Gasteiger partial charge >= 0.3 is 0 Å². The van der Waals surface area contributed by atoms with E-state index in [4.69, 9.17) is 5.73 Å². The Morgan fingerprint density at radius 1 is 1.28 bits per heavy atom. The van der Waals surface area contributed by atoms with Crippen molar-refractivity contribution in [3.63, 3.8) is 0 Å². The van der Waals surface area contributed by atoms with Crippen molar-refractivity contribution in [2.75, 3.05) is 4.90 Å². The first kappa shape index (κ1) is 11.3. The second-order valence-corrected chi connectivity index (χ2v) is 5.52. The van der Waals surface area contributed by atoms with Gasteiger partial charge in [0.25, 0.3) is 0 Å². The van der Waals surface area contributed by atoms with Crippen molar-refractivity contribution in [3.8, 4) is 0 Å². The molecule has 2 N–H and O–H groups in total. The molecule has 1 saturated carbocycles. The van der Waals surface area contributed by atoms with E-state index in [2.05, 4.69) is 4.98 Å². The summed E-state index contributed by atoms with van der Waals surface area (Å²) in [6, 6.07) is 3.47. The minimum absolute atomic E-state index is 0.122. The van der Waals surface area contributed by atoms with E-state index in [1.165, 1.54) is 4.90 Å². The highest BCUT2D eigenvalue weighted by Crippen LogP contribution is 2.63. The number of amides is 2. The molecule has 2 unspecified atom stereocenters. The number of nitrogens with two attached hydrogens (primary N) is 1. The zero-order chi connectivity index (χ0) is 13.1. The summed E-state index contributed by atoms with van der Waals surface area (Å²) in [5.74, 6) is -0.168. The van der Waals surface area contributed by atoms with E-state index in [0.717, 1.165) is 5.56 Å². The van der Waals surface area contributed by atoms with Gasteiger partial charge in [0.2, 0.25) is 11.8 Å². The average molecular weight is 245 g/mol. The summed E-state index contributed by atoms with van der Waals surface area (Å²) in [6.45, 7) is 4.31. The predicted octanol–water partition coefficient (Wildman–Crippen LogP) is 0.686. The van der Waals surface area contributed by atoms with Crippen molar-refractivity contribution >= 4 is 17.6 Å². The van der Waals surface area contributed by atoms with Crippen LogP contribution in [0, 0.1) is 17.3 Å². The summed E-state index contributed by atoms with van der Waals surface area (Å²) in [7, 11) is 0. The summed E-state index contributed by atoms with van der Waals surface area (Å²) >= 11 is 0. The standard InChI is InChI=1S/C13H15N3O2/c1-13(2)9-10(13)12(18)16(11(9)17)8-4-3-7(5-14)6-15-8/h3-4,6,9-10H,5,14H2,1-2H3. The summed E-state index contributed by atoms with van der Waals surface area (Å²) in [6.07, 6.45) is 1.60. The van der Waals surface area contributed by atoms with Gasteiger partial charge in [-0.15, -0.1) is 0 Å². The molecule has 0 spiro atoms. The Hall–Kier alpha value is -1.75. The van der Waals surface area contributed by atoms with Crippen molar-refractivity contribution in [2.24, 2.45) is 23.0 Å². The zero-order valence-corrected chi connectivity index (χ0v) is 10.4. The first-order valence-corrected chi connectivity index (χ1v) is 6.01. The van der Waals surface area contributed by atoms with Crippen LogP contribution in [-0.4, -0.2) is 16.8 Å². The molecule has 1 aliphatic carbocycles. The van der Waals surface area contributed by atoms with E-state index in [1.54, 1.807) is 18.3 Å². The maximum absolute atomic E-state index is 12.2. The molecule has 2 aliphatic rings. The van der Waals surface area contributed by atoms with Crippen LogP contribution >= 0.6 is 0 Å². The molecule has 0 radical (unpaired) electrons. The summed E-state index contributed by atoms with van der Waals surface area (Å²) in [5, 5.41) is 0. The molecule has 1 aromatic rings. The monoisotopic (exact) mass is 245 g/mol. The quantitative estimate of drug-likeness (QED) is 0.777. The minimum Gasteiger partial charge on any atom is -0.326 e. The Balaban J connectivity index is 1.91. The van der Waals surface area contributed by atoms with Gasteiger partial charge in [-0.3, -0.25) is 9.59 Å². The molecular weight excluding hydrogens is 230 g/mol. The van der Waals surface area contributed by atoms with Crippen LogP contribution < -0.4 is 10.6 Å². The zero-order valence-electron chi connectivity index (χ0n) is 10.4. The fourth-order valence-electron chi connectivity index (χ4n) is 2.84. The molecule has 5 nitrogen and oxygen atoms in total. The smallest absolute Gasteiger partial charge is 0.239 e. The molecule has 2 fully saturated rings. The SMILES string of the molecule is CC1(C)C2C(=O)N(c3ccc(CN)cn3)C(=O)C21. The van der Waals surface area contributed by atoms with Gasteiger partial charge in [-0.2, -0.15) is 0 Å². The van der Waals surface area contributed by atoms with Crippen molar-refractivity contribution in [3.05, 3.63) is 23.9 Å². The van der Waals surface area contributed by atoms with Gasteiger partial charge in [-0.1, -0.05) is 19.9 Å². The molecular formula is C13H15N3O2. The Morgan fingerprint density at radius 2 is 1.89 bits per heavy atom. The van der Waals surface area contributed by atoms with Gasteiger partial charge < -0.3 is 5.73 Å². The van der Waals surface area contributed by atoms with Gasteiger partial charge in [-0.05, 0) is 17.0 Å². The lowest BCUT2D eigenvalue weighted by molar-refractivity contribution is -0.125. The first-order chi connectivity index (χ1) is 8.48. The molecule has 3 rings (SSSR count). The second-order valence-electron chi connectivity index (χ2n) is 5.52. The minimum atomic E-state index is -0.179. The van der Waals surface area contributed by atoms with Crippen LogP contribution in [0.15, 0.2) is 18.3 Å². The number of hydrogen-bond donors (Lipinski definition) is 1. The largest absolute Gasteiger partial charge is 0.326 e. The molecule has 1 aromatic heterocycles. The average Bonchev–Trinajstić information content (AvgIpc) is 2.80. The maximum Gasteiger partial charge on any atom is 0.239 e. The fraction of sp³-hybridized carbons (Fsp3) is 0.462. The molecule has 18 heavy (non-hydrogen) atoms. The maximum atomic E-state index is 12.2. The Kier molecular flexibility index (Phi) is 2.13. The topological polar surface area (TPSA) is 76.3 Å².